The largest absolute Gasteiger partial charge is 0.228 e. The molecular formula is C129H92N6. The van der Waals surface area contributed by atoms with E-state index in [1.54, 1.807) is 0 Å². The van der Waals surface area contributed by atoms with Crippen LogP contribution >= 0.6 is 0 Å². The van der Waals surface area contributed by atoms with Crippen molar-refractivity contribution in [3.63, 3.8) is 0 Å². The van der Waals surface area contributed by atoms with Crippen LogP contribution in [0.2, 0.25) is 0 Å². The Kier molecular flexibility index (Phi) is 19.9. The lowest BCUT2D eigenvalue weighted by Crippen LogP contribution is -2.15. The predicted octanol–water partition coefficient (Wildman–Crippen LogP) is 33.6. The SMILES string of the molecule is CC1(C)c2ccccc2-c2c1cc1ccccc1c2-c1nc(-c2ccc(-c3ccccc3)cc2)cc(-c2ccc(-c3ccccc3)cc2)n1.CC1(C)c2ccccc2-c2c1cc1ccccc1c2-c1nc(-c2ccc3ccccc3c2)cc(-c2ccc3ccccc3c2)n1.CC1(C)c2ccccc2-c2c1cc1ccccc1c2-c1nc(-c2ccccc2)cc(-c2ccc3ccccc3c2)n1. The molecule has 0 fully saturated rings. The average Bonchev–Trinajstić information content (AvgIpc) is 1.56. The first-order chi connectivity index (χ1) is 66.2. The molecule has 0 N–H and O–H groups in total. The van der Waals surface area contributed by atoms with Crippen LogP contribution in [0, 0.1) is 0 Å². The Morgan fingerprint density at radius 2 is 0.348 bits per heavy atom. The van der Waals surface area contributed by atoms with Gasteiger partial charge in [-0.05, 0) is 208 Å². The standard InChI is InChI=1S/C47H34N2.C43H30N2.C39H28N2/c1-47(2)40-20-12-11-19-39(40)44-41(47)29-37-17-9-10-18-38(37)45(44)46-48-42(35-25-21-33(22-26-35)31-13-5-3-6-14-31)30-43(49-46)36-27-23-34(24-28-36)32-15-7-4-8-16-32;1-43(2)36-18-10-9-17-35(36)40-37(43)25-31-15-7-8-16-34(31)41(40)42-44-38(32-21-19-27-11-3-5-13-29(27)23-32)26-39(45-42)33-22-20-28-12-4-6-14-30(28)24-33;1-39(2)32-19-11-10-18-31(32)36-33(39)23-28-16-8-9-17-30(28)37(36)38-40-34(26-13-4-3-5-14-26)24-35(41-38)29-21-20-25-12-6-7-15-27(25)22-29/h3-30H,1-2H3;3-26H,1-2H3;3-24H,1-2H3. The molecule has 26 rings (SSSR count). The van der Waals surface area contributed by atoms with Gasteiger partial charge in [0.15, 0.2) is 17.5 Å². The zero-order valence-corrected chi connectivity index (χ0v) is 75.9. The van der Waals surface area contributed by atoms with Crippen molar-refractivity contribution in [3.8, 4) is 157 Å². The van der Waals surface area contributed by atoms with Crippen molar-refractivity contribution in [2.24, 2.45) is 0 Å². The average molecular weight is 1730 g/mol. The molecule has 23 aromatic rings. The lowest BCUT2D eigenvalue weighted by atomic mass is 9.81. The monoisotopic (exact) mass is 1720 g/mol. The first kappa shape index (κ1) is 81.4. The number of hydrogen-bond acceptors (Lipinski definition) is 6. The van der Waals surface area contributed by atoms with E-state index in [-0.39, 0.29) is 16.2 Å². The molecular weight excluding hydrogens is 1630 g/mol. The minimum Gasteiger partial charge on any atom is -0.228 e. The fraction of sp³-hybridized carbons (Fsp3) is 0.0698. The molecule has 3 aliphatic rings. The molecule has 3 aliphatic carbocycles. The highest BCUT2D eigenvalue weighted by Gasteiger charge is 2.42. The maximum atomic E-state index is 5.41. The van der Waals surface area contributed by atoms with Gasteiger partial charge in [0.1, 0.15) is 0 Å². The van der Waals surface area contributed by atoms with Gasteiger partial charge >= 0.3 is 0 Å². The molecule has 638 valence electrons. The van der Waals surface area contributed by atoms with Crippen LogP contribution in [-0.2, 0) is 16.2 Å². The van der Waals surface area contributed by atoms with Crippen molar-refractivity contribution >= 4 is 64.6 Å². The van der Waals surface area contributed by atoms with Gasteiger partial charge in [0.2, 0.25) is 0 Å². The van der Waals surface area contributed by atoms with Gasteiger partial charge in [0, 0.05) is 66.3 Å². The summed E-state index contributed by atoms with van der Waals surface area (Å²) < 4.78 is 0. The molecule has 0 saturated heterocycles. The molecule has 0 aliphatic heterocycles. The summed E-state index contributed by atoms with van der Waals surface area (Å²) in [6, 6.07) is 160. The van der Waals surface area contributed by atoms with E-state index in [0.717, 1.165) is 107 Å². The molecule has 20 aromatic carbocycles. The third-order valence-electron chi connectivity index (χ3n) is 28.4. The van der Waals surface area contributed by atoms with Crippen LogP contribution in [0.1, 0.15) is 74.9 Å². The third-order valence-corrected chi connectivity index (χ3v) is 28.4. The Bertz CT molecular complexity index is 8470. The highest BCUT2D eigenvalue weighted by Crippen LogP contribution is 2.58. The molecule has 0 atom stereocenters. The lowest BCUT2D eigenvalue weighted by molar-refractivity contribution is 0.661. The van der Waals surface area contributed by atoms with E-state index in [0.29, 0.717) is 0 Å². The maximum absolute atomic E-state index is 5.41. The minimum absolute atomic E-state index is 0.122. The first-order valence-corrected chi connectivity index (χ1v) is 46.7. The van der Waals surface area contributed by atoms with Gasteiger partial charge in [0.05, 0.1) is 34.2 Å². The van der Waals surface area contributed by atoms with Gasteiger partial charge in [0.25, 0.3) is 0 Å². The summed E-state index contributed by atoms with van der Waals surface area (Å²) in [7, 11) is 0. The Morgan fingerprint density at radius 1 is 0.141 bits per heavy atom. The predicted molar refractivity (Wildman–Crippen MR) is 564 cm³/mol. The second-order valence-corrected chi connectivity index (χ2v) is 37.5. The van der Waals surface area contributed by atoms with Crippen LogP contribution in [0.4, 0.5) is 0 Å². The molecule has 3 aromatic heterocycles. The number of hydrogen-bond donors (Lipinski definition) is 0. The van der Waals surface area contributed by atoms with Crippen molar-refractivity contribution < 1.29 is 0 Å². The third kappa shape index (κ3) is 14.4. The number of fused-ring (bicyclic) bond motifs is 15. The Balaban J connectivity index is 0.000000111. The van der Waals surface area contributed by atoms with Gasteiger partial charge in [-0.3, -0.25) is 0 Å². The van der Waals surface area contributed by atoms with Gasteiger partial charge < -0.3 is 0 Å². The summed E-state index contributed by atoms with van der Waals surface area (Å²) in [4.78, 5) is 32.3. The number of rotatable bonds is 11. The number of aromatic nitrogens is 6. The van der Waals surface area contributed by atoms with E-state index >= 15 is 0 Å². The molecule has 0 amide bonds. The van der Waals surface area contributed by atoms with E-state index in [1.807, 2.05) is 6.07 Å². The molecule has 135 heavy (non-hydrogen) atoms. The fourth-order valence-corrected chi connectivity index (χ4v) is 21.4. The van der Waals surface area contributed by atoms with E-state index in [2.05, 4.69) is 484 Å². The molecule has 0 bridgehead atoms. The summed E-state index contributed by atoms with van der Waals surface area (Å²) >= 11 is 0. The van der Waals surface area contributed by atoms with Gasteiger partial charge in [-0.1, -0.05) is 436 Å². The molecule has 3 heterocycles. The maximum Gasteiger partial charge on any atom is 0.161 e. The summed E-state index contributed by atoms with van der Waals surface area (Å²) in [5.74, 6) is 2.26. The molecule has 0 spiro atoms. The second-order valence-electron chi connectivity index (χ2n) is 37.5. The van der Waals surface area contributed by atoms with Gasteiger partial charge in [-0.25, -0.2) is 29.9 Å². The Morgan fingerprint density at radius 3 is 0.644 bits per heavy atom. The molecule has 0 radical (unpaired) electrons. The van der Waals surface area contributed by atoms with Crippen molar-refractivity contribution in [3.05, 3.63) is 482 Å². The Hall–Kier alpha value is -16.8. The topological polar surface area (TPSA) is 77.3 Å². The normalized spacial score (nSPS) is 13.1. The highest BCUT2D eigenvalue weighted by molar-refractivity contribution is 6.11. The lowest BCUT2D eigenvalue weighted by Gasteiger charge is -2.22. The number of nitrogens with zero attached hydrogens (tertiary/aromatic N) is 6. The van der Waals surface area contributed by atoms with Crippen LogP contribution in [0.3, 0.4) is 0 Å². The minimum atomic E-state index is -0.147. The Labute approximate surface area is 786 Å². The van der Waals surface area contributed by atoms with E-state index < -0.39 is 0 Å². The van der Waals surface area contributed by atoms with Crippen molar-refractivity contribution in [2.45, 2.75) is 57.8 Å². The van der Waals surface area contributed by atoms with Crippen molar-refractivity contribution in [1.29, 1.82) is 0 Å². The molecule has 6 nitrogen and oxygen atoms in total. The molecule has 0 unspecified atom stereocenters. The van der Waals surface area contributed by atoms with E-state index in [4.69, 9.17) is 29.9 Å². The summed E-state index contributed by atoms with van der Waals surface area (Å²) in [6.07, 6.45) is 0. The molecule has 0 saturated carbocycles. The van der Waals surface area contributed by atoms with Crippen LogP contribution in [-0.4, -0.2) is 29.9 Å². The quantitative estimate of drug-likeness (QED) is 0.128. The summed E-state index contributed by atoms with van der Waals surface area (Å²) in [5.41, 5.74) is 35.1. The van der Waals surface area contributed by atoms with Crippen LogP contribution in [0.5, 0.6) is 0 Å². The van der Waals surface area contributed by atoms with Crippen LogP contribution in [0.15, 0.2) is 449 Å². The first-order valence-electron chi connectivity index (χ1n) is 46.7. The van der Waals surface area contributed by atoms with Gasteiger partial charge in [-0.15, -0.1) is 0 Å². The van der Waals surface area contributed by atoms with Crippen molar-refractivity contribution in [1.82, 2.24) is 29.9 Å². The van der Waals surface area contributed by atoms with Crippen LogP contribution in [0.25, 0.3) is 222 Å². The number of benzene rings is 20. The second kappa shape index (κ2) is 32.9. The smallest absolute Gasteiger partial charge is 0.161 e. The van der Waals surface area contributed by atoms with E-state index in [1.165, 1.54) is 148 Å². The van der Waals surface area contributed by atoms with Gasteiger partial charge in [-0.2, -0.15) is 0 Å². The van der Waals surface area contributed by atoms with E-state index in [9.17, 15) is 0 Å². The summed E-state index contributed by atoms with van der Waals surface area (Å²) in [6.45, 7) is 14.0. The summed E-state index contributed by atoms with van der Waals surface area (Å²) in [5, 5.41) is 14.4. The molecule has 6 heteroatoms. The zero-order chi connectivity index (χ0) is 90.6. The van der Waals surface area contributed by atoms with Crippen LogP contribution < -0.4 is 0 Å². The zero-order valence-electron chi connectivity index (χ0n) is 75.9. The van der Waals surface area contributed by atoms with Crippen molar-refractivity contribution in [2.75, 3.05) is 0 Å². The fourth-order valence-electron chi connectivity index (χ4n) is 21.4. The highest BCUT2D eigenvalue weighted by atomic mass is 14.9.